The average Bonchev–Trinajstić information content (AvgIpc) is 2.50. The Hall–Kier alpha value is -0.930. The molecule has 0 amide bonds. The highest BCUT2D eigenvalue weighted by molar-refractivity contribution is 7.17. The monoisotopic (exact) mass is 179 g/mol. The van der Waals surface area contributed by atoms with E-state index in [9.17, 15) is 0 Å². The van der Waals surface area contributed by atoms with Crippen LogP contribution in [0.25, 0.3) is 10.1 Å². The topological polar surface area (TPSA) is 33.1 Å². The molecule has 0 bridgehead atoms. The van der Waals surface area contributed by atoms with Crippen LogP contribution in [0.4, 0.5) is 0 Å². The number of hydrogen-bond donors (Lipinski definition) is 1. The Balaban J connectivity index is 2.55. The third kappa shape index (κ3) is 1.21. The van der Waals surface area contributed by atoms with E-state index in [1.165, 1.54) is 15.6 Å². The molecule has 2 aromatic heterocycles. The molecule has 0 aliphatic rings. The molecule has 0 fully saturated rings. The molecule has 62 valence electrons. The number of rotatable bonds is 2. The fourth-order valence-electron chi connectivity index (χ4n) is 1.24. The highest BCUT2D eigenvalue weighted by Crippen LogP contribution is 2.24. The van der Waals surface area contributed by atoms with Gasteiger partial charge in [0, 0.05) is 29.1 Å². The highest BCUT2D eigenvalue weighted by atomic mass is 32.1. The van der Waals surface area contributed by atoms with Gasteiger partial charge in [-0.3, -0.25) is 4.98 Å². The van der Waals surface area contributed by atoms with Gasteiger partial charge in [-0.05, 0) is 23.4 Å². The Morgan fingerprint density at radius 3 is 3.25 bits per heavy atom. The van der Waals surface area contributed by atoms with Crippen molar-refractivity contribution in [2.24, 2.45) is 0 Å². The molecule has 2 aromatic rings. The maximum Gasteiger partial charge on any atom is 0.0471 e. The summed E-state index contributed by atoms with van der Waals surface area (Å²) < 4.78 is 1.24. The van der Waals surface area contributed by atoms with Gasteiger partial charge in [0.05, 0.1) is 0 Å². The third-order valence-electron chi connectivity index (χ3n) is 1.84. The van der Waals surface area contributed by atoms with Crippen LogP contribution in [0.15, 0.2) is 23.8 Å². The van der Waals surface area contributed by atoms with Crippen LogP contribution < -0.4 is 0 Å². The lowest BCUT2D eigenvalue weighted by Crippen LogP contribution is -1.87. The van der Waals surface area contributed by atoms with E-state index >= 15 is 0 Å². The minimum atomic E-state index is 0.209. The molecule has 12 heavy (non-hydrogen) atoms. The Morgan fingerprint density at radius 1 is 1.50 bits per heavy atom. The third-order valence-corrected chi connectivity index (χ3v) is 2.85. The number of aliphatic hydroxyl groups is 1. The molecule has 0 saturated heterocycles. The van der Waals surface area contributed by atoms with E-state index in [4.69, 9.17) is 5.11 Å². The molecule has 0 aliphatic heterocycles. The van der Waals surface area contributed by atoms with Crippen molar-refractivity contribution in [2.45, 2.75) is 6.42 Å². The maximum atomic E-state index is 8.78. The number of aliphatic hydroxyl groups excluding tert-OH is 1. The second-order valence-electron chi connectivity index (χ2n) is 2.61. The first-order valence-corrected chi connectivity index (χ1v) is 4.71. The smallest absolute Gasteiger partial charge is 0.0471 e. The minimum absolute atomic E-state index is 0.209. The molecule has 0 spiro atoms. The molecule has 0 aliphatic carbocycles. The summed E-state index contributed by atoms with van der Waals surface area (Å²) >= 11 is 1.70. The number of thiophene rings is 1. The van der Waals surface area contributed by atoms with Crippen LogP contribution in [0.5, 0.6) is 0 Å². The Kier molecular flexibility index (Phi) is 2.06. The number of fused-ring (bicyclic) bond motifs is 1. The SMILES string of the molecule is OCCc1csc2ccncc12. The normalized spacial score (nSPS) is 10.8. The number of pyridine rings is 1. The van der Waals surface area contributed by atoms with Crippen molar-refractivity contribution in [2.75, 3.05) is 6.61 Å². The van der Waals surface area contributed by atoms with Gasteiger partial charge in [-0.1, -0.05) is 0 Å². The van der Waals surface area contributed by atoms with Crippen LogP contribution in [0.1, 0.15) is 5.56 Å². The lowest BCUT2D eigenvalue weighted by molar-refractivity contribution is 0.300. The minimum Gasteiger partial charge on any atom is -0.396 e. The molecule has 3 heteroatoms. The summed E-state index contributed by atoms with van der Waals surface area (Å²) in [5.41, 5.74) is 1.20. The second kappa shape index (κ2) is 3.21. The standard InChI is InChI=1S/C9H9NOS/c11-4-2-7-6-12-9-1-3-10-5-8(7)9/h1,3,5-6,11H,2,4H2. The van der Waals surface area contributed by atoms with E-state index in [-0.39, 0.29) is 6.61 Å². The summed E-state index contributed by atoms with van der Waals surface area (Å²) in [6, 6.07) is 2.00. The molecule has 2 rings (SSSR count). The molecule has 0 atom stereocenters. The summed E-state index contributed by atoms with van der Waals surface area (Å²) in [6.45, 7) is 0.209. The Morgan fingerprint density at radius 2 is 2.42 bits per heavy atom. The summed E-state index contributed by atoms with van der Waals surface area (Å²) in [6.07, 6.45) is 4.38. The van der Waals surface area contributed by atoms with Crippen LogP contribution >= 0.6 is 11.3 Å². The first kappa shape index (κ1) is 7.71. The highest BCUT2D eigenvalue weighted by Gasteiger charge is 2.01. The lowest BCUT2D eigenvalue weighted by Gasteiger charge is -1.93. The van der Waals surface area contributed by atoms with Gasteiger partial charge in [0.2, 0.25) is 0 Å². The molecule has 2 nitrogen and oxygen atoms in total. The lowest BCUT2D eigenvalue weighted by atomic mass is 10.2. The zero-order valence-electron chi connectivity index (χ0n) is 6.53. The van der Waals surface area contributed by atoms with Crippen LogP contribution in [0, 0.1) is 0 Å². The summed E-state index contributed by atoms with van der Waals surface area (Å²) in [4.78, 5) is 4.05. The molecule has 1 N–H and O–H groups in total. The van der Waals surface area contributed by atoms with E-state index in [0.717, 1.165) is 6.42 Å². The van der Waals surface area contributed by atoms with Crippen molar-refractivity contribution in [1.29, 1.82) is 0 Å². The first-order chi connectivity index (χ1) is 5.92. The fraction of sp³-hybridized carbons (Fsp3) is 0.222. The van der Waals surface area contributed by atoms with Gasteiger partial charge < -0.3 is 5.11 Å². The molecular formula is C9H9NOS. The Bertz CT molecular complexity index is 383. The van der Waals surface area contributed by atoms with E-state index in [0.29, 0.717) is 0 Å². The van der Waals surface area contributed by atoms with Crippen LogP contribution in [0.2, 0.25) is 0 Å². The van der Waals surface area contributed by atoms with Gasteiger partial charge >= 0.3 is 0 Å². The second-order valence-corrected chi connectivity index (χ2v) is 3.52. The van der Waals surface area contributed by atoms with Crippen molar-refractivity contribution in [3.63, 3.8) is 0 Å². The zero-order valence-corrected chi connectivity index (χ0v) is 7.34. The average molecular weight is 179 g/mol. The van der Waals surface area contributed by atoms with Crippen molar-refractivity contribution in [3.8, 4) is 0 Å². The predicted octanol–water partition coefficient (Wildman–Crippen LogP) is 1.83. The van der Waals surface area contributed by atoms with Gasteiger partial charge in [-0.25, -0.2) is 0 Å². The van der Waals surface area contributed by atoms with E-state index in [2.05, 4.69) is 10.4 Å². The fourth-order valence-corrected chi connectivity index (χ4v) is 2.20. The van der Waals surface area contributed by atoms with Crippen molar-refractivity contribution >= 4 is 21.4 Å². The summed E-state index contributed by atoms with van der Waals surface area (Å²) in [7, 11) is 0. The van der Waals surface area contributed by atoms with Crippen LogP contribution in [-0.4, -0.2) is 16.7 Å². The largest absolute Gasteiger partial charge is 0.396 e. The molecule has 0 unspecified atom stereocenters. The van der Waals surface area contributed by atoms with Gasteiger partial charge in [0.1, 0.15) is 0 Å². The van der Waals surface area contributed by atoms with Gasteiger partial charge in [-0.15, -0.1) is 11.3 Å². The maximum absolute atomic E-state index is 8.78. The molecule has 2 heterocycles. The van der Waals surface area contributed by atoms with Crippen molar-refractivity contribution in [1.82, 2.24) is 4.98 Å². The van der Waals surface area contributed by atoms with Gasteiger partial charge in [0.15, 0.2) is 0 Å². The summed E-state index contributed by atoms with van der Waals surface area (Å²) in [5, 5.41) is 12.0. The number of aromatic nitrogens is 1. The van der Waals surface area contributed by atoms with E-state index in [1.807, 2.05) is 12.3 Å². The van der Waals surface area contributed by atoms with Gasteiger partial charge in [-0.2, -0.15) is 0 Å². The molecule has 0 aromatic carbocycles. The molecular weight excluding hydrogens is 170 g/mol. The molecule has 0 radical (unpaired) electrons. The predicted molar refractivity (Wildman–Crippen MR) is 50.4 cm³/mol. The number of nitrogens with zero attached hydrogens (tertiary/aromatic N) is 1. The van der Waals surface area contributed by atoms with E-state index in [1.54, 1.807) is 17.5 Å². The van der Waals surface area contributed by atoms with Crippen molar-refractivity contribution < 1.29 is 5.11 Å². The van der Waals surface area contributed by atoms with Crippen molar-refractivity contribution in [3.05, 3.63) is 29.4 Å². The van der Waals surface area contributed by atoms with Crippen LogP contribution in [0.3, 0.4) is 0 Å². The molecule has 0 saturated carbocycles. The zero-order chi connectivity index (χ0) is 8.39. The quantitative estimate of drug-likeness (QED) is 0.763. The number of hydrogen-bond acceptors (Lipinski definition) is 3. The summed E-state index contributed by atoms with van der Waals surface area (Å²) in [5.74, 6) is 0. The first-order valence-electron chi connectivity index (χ1n) is 3.83. The van der Waals surface area contributed by atoms with Gasteiger partial charge in [0.25, 0.3) is 0 Å². The van der Waals surface area contributed by atoms with Crippen LogP contribution in [-0.2, 0) is 6.42 Å². The van der Waals surface area contributed by atoms with E-state index < -0.39 is 0 Å². The Labute approximate surface area is 74.5 Å².